The molecule has 3 rings (SSSR count). The molecule has 8 heteroatoms. The Kier molecular flexibility index (Phi) is 3.63. The molecular formula is C13H12N4O3S. The van der Waals surface area contributed by atoms with Crippen molar-refractivity contribution in [3.05, 3.63) is 50.8 Å². The summed E-state index contributed by atoms with van der Waals surface area (Å²) in [5, 5.41) is 12.7. The molecule has 0 bridgehead atoms. The number of fused-ring (bicyclic) bond motifs is 1. The monoisotopic (exact) mass is 304 g/mol. The lowest BCUT2D eigenvalue weighted by Crippen LogP contribution is -2.17. The second-order valence-electron chi connectivity index (χ2n) is 4.67. The van der Waals surface area contributed by atoms with Gasteiger partial charge in [0, 0.05) is 24.1 Å². The number of hydrogen-bond acceptors (Lipinski definition) is 7. The maximum absolute atomic E-state index is 10.7. The number of oxazole rings is 1. The van der Waals surface area contributed by atoms with Crippen LogP contribution in [0.4, 0.5) is 5.69 Å². The highest BCUT2D eigenvalue weighted by molar-refractivity contribution is 7.07. The number of nitro benzene ring substituents is 1. The van der Waals surface area contributed by atoms with Crippen LogP contribution in [0.25, 0.3) is 11.1 Å². The zero-order valence-electron chi connectivity index (χ0n) is 11.2. The fraction of sp³-hybridized carbons (Fsp3) is 0.231. The summed E-state index contributed by atoms with van der Waals surface area (Å²) in [7, 11) is 1.94. The Morgan fingerprint density at radius 3 is 3.00 bits per heavy atom. The van der Waals surface area contributed by atoms with Crippen LogP contribution in [-0.2, 0) is 13.1 Å². The van der Waals surface area contributed by atoms with Crippen LogP contribution in [-0.4, -0.2) is 26.8 Å². The van der Waals surface area contributed by atoms with Crippen molar-refractivity contribution in [1.29, 1.82) is 0 Å². The lowest BCUT2D eigenvalue weighted by molar-refractivity contribution is -0.384. The van der Waals surface area contributed by atoms with Crippen molar-refractivity contribution in [2.45, 2.75) is 13.1 Å². The number of aromatic nitrogens is 2. The highest BCUT2D eigenvalue weighted by atomic mass is 32.1. The Morgan fingerprint density at radius 2 is 2.29 bits per heavy atom. The molecule has 0 spiro atoms. The summed E-state index contributed by atoms with van der Waals surface area (Å²) in [5.41, 5.74) is 3.85. The van der Waals surface area contributed by atoms with E-state index < -0.39 is 4.92 Å². The van der Waals surface area contributed by atoms with Gasteiger partial charge in [0.15, 0.2) is 5.58 Å². The van der Waals surface area contributed by atoms with Gasteiger partial charge < -0.3 is 4.42 Å². The van der Waals surface area contributed by atoms with E-state index in [0.29, 0.717) is 30.1 Å². The van der Waals surface area contributed by atoms with Gasteiger partial charge in [0.2, 0.25) is 5.89 Å². The van der Waals surface area contributed by atoms with Crippen molar-refractivity contribution in [3.8, 4) is 0 Å². The van der Waals surface area contributed by atoms with Crippen LogP contribution in [0.2, 0.25) is 0 Å². The Balaban J connectivity index is 1.76. The summed E-state index contributed by atoms with van der Waals surface area (Å²) in [4.78, 5) is 20.8. The second kappa shape index (κ2) is 5.58. The molecule has 1 aromatic carbocycles. The summed E-state index contributed by atoms with van der Waals surface area (Å²) in [6.07, 6.45) is 0. The Labute approximate surface area is 124 Å². The highest BCUT2D eigenvalue weighted by Gasteiger charge is 2.13. The fourth-order valence-corrected chi connectivity index (χ4v) is 2.57. The third-order valence-electron chi connectivity index (χ3n) is 2.95. The molecule has 0 radical (unpaired) electrons. The standard InChI is InChI=1S/C13H12N4O3S/c1-16(5-9-7-21-8-14-9)6-13-15-11-4-10(17(18)19)2-3-12(11)20-13/h2-4,7-8H,5-6H2,1H3. The number of hydrogen-bond donors (Lipinski definition) is 0. The van der Waals surface area contributed by atoms with Gasteiger partial charge in [-0.1, -0.05) is 0 Å². The van der Waals surface area contributed by atoms with Gasteiger partial charge >= 0.3 is 0 Å². The lowest BCUT2D eigenvalue weighted by Gasteiger charge is -2.12. The molecule has 3 aromatic rings. The normalized spacial score (nSPS) is 11.3. The molecule has 108 valence electrons. The molecular weight excluding hydrogens is 292 g/mol. The van der Waals surface area contributed by atoms with Crippen LogP contribution < -0.4 is 0 Å². The minimum atomic E-state index is -0.442. The minimum absolute atomic E-state index is 0.0122. The molecule has 0 saturated carbocycles. The van der Waals surface area contributed by atoms with Gasteiger partial charge in [0.25, 0.3) is 5.69 Å². The molecule has 21 heavy (non-hydrogen) atoms. The zero-order valence-corrected chi connectivity index (χ0v) is 12.0. The fourth-order valence-electron chi connectivity index (χ4n) is 2.02. The van der Waals surface area contributed by atoms with Crippen LogP contribution >= 0.6 is 11.3 Å². The quantitative estimate of drug-likeness (QED) is 0.532. The maximum atomic E-state index is 10.7. The zero-order chi connectivity index (χ0) is 14.8. The van der Waals surface area contributed by atoms with E-state index in [1.807, 2.05) is 17.3 Å². The smallest absolute Gasteiger partial charge is 0.271 e. The summed E-state index contributed by atoms with van der Waals surface area (Å²) in [5.74, 6) is 0.531. The van der Waals surface area contributed by atoms with Crippen molar-refractivity contribution in [3.63, 3.8) is 0 Å². The van der Waals surface area contributed by atoms with Gasteiger partial charge in [-0.2, -0.15) is 0 Å². The number of nitro groups is 1. The average Bonchev–Trinajstić information content (AvgIpc) is 3.05. The molecule has 7 nitrogen and oxygen atoms in total. The molecule has 0 fully saturated rings. The number of thiazole rings is 1. The van der Waals surface area contributed by atoms with Gasteiger partial charge in [-0.15, -0.1) is 11.3 Å². The topological polar surface area (TPSA) is 85.3 Å². The summed E-state index contributed by atoms with van der Waals surface area (Å²) < 4.78 is 5.60. The lowest BCUT2D eigenvalue weighted by atomic mass is 10.3. The van der Waals surface area contributed by atoms with Gasteiger partial charge in [0.1, 0.15) is 5.52 Å². The van der Waals surface area contributed by atoms with Crippen molar-refractivity contribution in [1.82, 2.24) is 14.9 Å². The first-order chi connectivity index (χ1) is 10.1. The maximum Gasteiger partial charge on any atom is 0.271 e. The van der Waals surface area contributed by atoms with Crippen LogP contribution in [0.15, 0.2) is 33.5 Å². The van der Waals surface area contributed by atoms with E-state index in [-0.39, 0.29) is 5.69 Å². The van der Waals surface area contributed by atoms with E-state index in [1.54, 1.807) is 22.9 Å². The Bertz CT molecular complexity index is 769. The third kappa shape index (κ3) is 3.06. The third-order valence-corrected chi connectivity index (χ3v) is 3.58. The molecule has 0 atom stereocenters. The van der Waals surface area contributed by atoms with Gasteiger partial charge in [0.05, 0.1) is 22.7 Å². The average molecular weight is 304 g/mol. The Hall–Kier alpha value is -2.32. The van der Waals surface area contributed by atoms with Crippen molar-refractivity contribution in [2.75, 3.05) is 7.05 Å². The summed E-state index contributed by atoms with van der Waals surface area (Å²) in [6.45, 7) is 1.21. The van der Waals surface area contributed by atoms with Gasteiger partial charge in [-0.3, -0.25) is 15.0 Å². The van der Waals surface area contributed by atoms with Crippen LogP contribution in [0, 0.1) is 10.1 Å². The molecule has 0 amide bonds. The molecule has 0 aliphatic rings. The van der Waals surface area contributed by atoms with Gasteiger partial charge in [-0.25, -0.2) is 9.97 Å². The van der Waals surface area contributed by atoms with E-state index in [9.17, 15) is 10.1 Å². The van der Waals surface area contributed by atoms with Crippen LogP contribution in [0.5, 0.6) is 0 Å². The molecule has 0 unspecified atom stereocenters. The predicted octanol–water partition coefficient (Wildman–Crippen LogP) is 2.82. The molecule has 0 N–H and O–H groups in total. The first kappa shape index (κ1) is 13.7. The van der Waals surface area contributed by atoms with Crippen molar-refractivity contribution < 1.29 is 9.34 Å². The molecule has 2 heterocycles. The summed E-state index contributed by atoms with van der Waals surface area (Å²) >= 11 is 1.56. The van der Waals surface area contributed by atoms with Crippen molar-refractivity contribution >= 4 is 28.1 Å². The van der Waals surface area contributed by atoms with E-state index >= 15 is 0 Å². The number of rotatable bonds is 5. The van der Waals surface area contributed by atoms with E-state index in [2.05, 4.69) is 9.97 Å². The second-order valence-corrected chi connectivity index (χ2v) is 5.39. The first-order valence-electron chi connectivity index (χ1n) is 6.21. The van der Waals surface area contributed by atoms with Crippen LogP contribution in [0.3, 0.4) is 0 Å². The van der Waals surface area contributed by atoms with E-state index in [0.717, 1.165) is 5.69 Å². The molecule has 0 saturated heterocycles. The molecule has 2 aromatic heterocycles. The molecule has 0 aliphatic heterocycles. The van der Waals surface area contributed by atoms with Crippen LogP contribution in [0.1, 0.15) is 11.6 Å². The Morgan fingerprint density at radius 1 is 1.43 bits per heavy atom. The van der Waals surface area contributed by atoms with E-state index in [1.165, 1.54) is 12.1 Å². The number of nitrogens with zero attached hydrogens (tertiary/aromatic N) is 4. The predicted molar refractivity (Wildman–Crippen MR) is 77.9 cm³/mol. The highest BCUT2D eigenvalue weighted by Crippen LogP contribution is 2.22. The van der Waals surface area contributed by atoms with Gasteiger partial charge in [-0.05, 0) is 13.1 Å². The largest absolute Gasteiger partial charge is 0.439 e. The van der Waals surface area contributed by atoms with Crippen molar-refractivity contribution in [2.24, 2.45) is 0 Å². The summed E-state index contributed by atoms with van der Waals surface area (Å²) in [6, 6.07) is 4.41. The first-order valence-corrected chi connectivity index (χ1v) is 7.15. The number of benzene rings is 1. The SMILES string of the molecule is CN(Cc1cscn1)Cc1nc2cc([N+](=O)[O-])ccc2o1. The number of non-ortho nitro benzene ring substituents is 1. The molecule has 0 aliphatic carbocycles. The van der Waals surface area contributed by atoms with E-state index in [4.69, 9.17) is 4.42 Å². The minimum Gasteiger partial charge on any atom is -0.439 e.